The van der Waals surface area contributed by atoms with Crippen molar-refractivity contribution in [1.82, 2.24) is 4.98 Å². The number of carbonyl (C=O) groups excluding carboxylic acids is 1. The molecule has 1 aliphatic heterocycles. The van der Waals surface area contributed by atoms with Crippen molar-refractivity contribution in [3.8, 4) is 0 Å². The maximum Gasteiger partial charge on any atom is 0.158 e. The second-order valence-electron chi connectivity index (χ2n) is 4.32. The van der Waals surface area contributed by atoms with E-state index in [0.717, 1.165) is 21.6 Å². The first kappa shape index (κ1) is 11.8. The quantitative estimate of drug-likeness (QED) is 0.847. The third kappa shape index (κ3) is 2.18. The molecule has 0 fully saturated rings. The van der Waals surface area contributed by atoms with Crippen LogP contribution in [0.5, 0.6) is 0 Å². The molecule has 2 heterocycles. The van der Waals surface area contributed by atoms with Crippen molar-refractivity contribution in [1.29, 1.82) is 0 Å². The number of nitrogens with zero attached hydrogens (tertiary/aromatic N) is 2. The second-order valence-corrected chi connectivity index (χ2v) is 5.84. The lowest BCUT2D eigenvalue weighted by Gasteiger charge is -2.13. The molecule has 1 aromatic heterocycles. The van der Waals surface area contributed by atoms with Crippen LogP contribution in [0.1, 0.15) is 11.4 Å². The SMILES string of the molecule is O=C1CN=CCC1Cc1nc2c(Cl)cccc2s1. The number of aromatic nitrogens is 1. The summed E-state index contributed by atoms with van der Waals surface area (Å²) in [4.78, 5) is 20.2. The van der Waals surface area contributed by atoms with Gasteiger partial charge in [0.25, 0.3) is 0 Å². The Hall–Kier alpha value is -1.26. The lowest BCUT2D eigenvalue weighted by Crippen LogP contribution is -2.23. The van der Waals surface area contributed by atoms with Gasteiger partial charge in [-0.3, -0.25) is 9.79 Å². The molecule has 3 nitrogen and oxygen atoms in total. The Balaban J connectivity index is 1.89. The number of halogens is 1. The molecule has 0 spiro atoms. The maximum atomic E-state index is 11.7. The van der Waals surface area contributed by atoms with Crippen LogP contribution in [0.25, 0.3) is 10.2 Å². The van der Waals surface area contributed by atoms with Crippen LogP contribution in [-0.2, 0) is 11.2 Å². The molecule has 0 amide bonds. The smallest absolute Gasteiger partial charge is 0.158 e. The van der Waals surface area contributed by atoms with Crippen molar-refractivity contribution in [2.24, 2.45) is 10.9 Å². The highest BCUT2D eigenvalue weighted by molar-refractivity contribution is 7.18. The number of aliphatic imine (C=N–C) groups is 1. The molecule has 92 valence electrons. The lowest BCUT2D eigenvalue weighted by molar-refractivity contribution is -0.121. The van der Waals surface area contributed by atoms with Gasteiger partial charge in [-0.2, -0.15) is 0 Å². The Kier molecular flexibility index (Phi) is 3.14. The van der Waals surface area contributed by atoms with Crippen LogP contribution in [0.4, 0.5) is 0 Å². The normalized spacial score (nSPS) is 19.6. The molecule has 0 N–H and O–H groups in total. The van der Waals surface area contributed by atoms with Crippen LogP contribution < -0.4 is 0 Å². The number of ketones is 1. The van der Waals surface area contributed by atoms with Gasteiger partial charge < -0.3 is 0 Å². The fourth-order valence-corrected chi connectivity index (χ4v) is 3.42. The van der Waals surface area contributed by atoms with Gasteiger partial charge >= 0.3 is 0 Å². The van der Waals surface area contributed by atoms with Crippen LogP contribution in [-0.4, -0.2) is 23.5 Å². The molecule has 2 aromatic rings. The number of hydrogen-bond acceptors (Lipinski definition) is 4. The van der Waals surface area contributed by atoms with Gasteiger partial charge in [-0.15, -0.1) is 11.3 Å². The summed E-state index contributed by atoms with van der Waals surface area (Å²) < 4.78 is 1.08. The first-order valence-electron chi connectivity index (χ1n) is 5.79. The van der Waals surface area contributed by atoms with E-state index >= 15 is 0 Å². The van der Waals surface area contributed by atoms with Crippen molar-refractivity contribution < 1.29 is 4.79 Å². The lowest BCUT2D eigenvalue weighted by atomic mass is 9.95. The zero-order valence-corrected chi connectivity index (χ0v) is 11.2. The maximum absolute atomic E-state index is 11.7. The molecule has 1 aromatic carbocycles. The minimum atomic E-state index is 0.0295. The number of hydrogen-bond donors (Lipinski definition) is 0. The second kappa shape index (κ2) is 4.78. The van der Waals surface area contributed by atoms with E-state index in [1.54, 1.807) is 11.3 Å². The van der Waals surface area contributed by atoms with E-state index in [9.17, 15) is 4.79 Å². The molecule has 3 rings (SSSR count). The van der Waals surface area contributed by atoms with Crippen LogP contribution in [0.2, 0.25) is 5.02 Å². The van der Waals surface area contributed by atoms with E-state index in [1.165, 1.54) is 0 Å². The summed E-state index contributed by atoms with van der Waals surface area (Å²) in [5.74, 6) is 0.240. The first-order valence-corrected chi connectivity index (χ1v) is 6.98. The Labute approximate surface area is 114 Å². The number of carbonyl (C=O) groups is 1. The van der Waals surface area contributed by atoms with Gasteiger partial charge in [0.1, 0.15) is 5.52 Å². The van der Waals surface area contributed by atoms with Gasteiger partial charge in [-0.05, 0) is 24.8 Å². The molecule has 0 aliphatic carbocycles. The van der Waals surface area contributed by atoms with E-state index in [1.807, 2.05) is 24.4 Å². The minimum absolute atomic E-state index is 0.0295. The Bertz CT molecular complexity index is 635. The van der Waals surface area contributed by atoms with Gasteiger partial charge in [0.05, 0.1) is 21.3 Å². The third-order valence-corrected chi connectivity index (χ3v) is 4.40. The van der Waals surface area contributed by atoms with E-state index in [-0.39, 0.29) is 11.7 Å². The molecule has 5 heteroatoms. The molecular weight excluding hydrogens is 268 g/mol. The van der Waals surface area contributed by atoms with Crippen molar-refractivity contribution in [2.45, 2.75) is 12.8 Å². The summed E-state index contributed by atoms with van der Waals surface area (Å²) in [6.45, 7) is 0.316. The number of rotatable bonds is 2. The highest BCUT2D eigenvalue weighted by Crippen LogP contribution is 2.29. The summed E-state index contributed by atoms with van der Waals surface area (Å²) in [6.07, 6.45) is 3.26. The van der Waals surface area contributed by atoms with Gasteiger partial charge in [-0.1, -0.05) is 17.7 Å². The van der Waals surface area contributed by atoms with Crippen LogP contribution in [0, 0.1) is 5.92 Å². The molecule has 0 saturated heterocycles. The molecule has 1 atom stereocenters. The zero-order chi connectivity index (χ0) is 12.5. The highest BCUT2D eigenvalue weighted by atomic mass is 35.5. The summed E-state index contributed by atoms with van der Waals surface area (Å²) >= 11 is 7.71. The zero-order valence-electron chi connectivity index (χ0n) is 9.60. The predicted molar refractivity (Wildman–Crippen MR) is 74.8 cm³/mol. The Morgan fingerprint density at radius 2 is 2.33 bits per heavy atom. The highest BCUT2D eigenvalue weighted by Gasteiger charge is 2.22. The number of benzene rings is 1. The molecular formula is C13H11ClN2OS. The minimum Gasteiger partial charge on any atom is -0.297 e. The average molecular weight is 279 g/mol. The first-order chi connectivity index (χ1) is 8.74. The van der Waals surface area contributed by atoms with Crippen molar-refractivity contribution in [2.75, 3.05) is 6.54 Å². The van der Waals surface area contributed by atoms with Gasteiger partial charge in [0, 0.05) is 12.3 Å². The van der Waals surface area contributed by atoms with E-state index in [4.69, 9.17) is 11.6 Å². The van der Waals surface area contributed by atoms with Crippen LogP contribution in [0.15, 0.2) is 23.2 Å². The number of Topliss-reactive ketones (excluding diaryl/α,β-unsaturated/α-hetero) is 1. The molecule has 0 bridgehead atoms. The van der Waals surface area contributed by atoms with E-state index < -0.39 is 0 Å². The monoisotopic (exact) mass is 278 g/mol. The molecule has 0 radical (unpaired) electrons. The van der Waals surface area contributed by atoms with Crippen LogP contribution in [0.3, 0.4) is 0 Å². The fourth-order valence-electron chi connectivity index (χ4n) is 2.07. The molecule has 1 aliphatic rings. The molecule has 1 unspecified atom stereocenters. The van der Waals surface area contributed by atoms with Gasteiger partial charge in [0.15, 0.2) is 5.78 Å². The number of para-hydroxylation sites is 1. The standard InChI is InChI=1S/C13H11ClN2OS/c14-9-2-1-3-11-13(9)16-12(18-11)6-8-4-5-15-7-10(8)17/h1-3,5,8H,4,6-7H2. The van der Waals surface area contributed by atoms with Crippen molar-refractivity contribution >= 4 is 45.2 Å². The van der Waals surface area contributed by atoms with Crippen molar-refractivity contribution in [3.63, 3.8) is 0 Å². The predicted octanol–water partition coefficient (Wildman–Crippen LogP) is 3.15. The van der Waals surface area contributed by atoms with E-state index in [0.29, 0.717) is 18.0 Å². The number of thiazole rings is 1. The number of fused-ring (bicyclic) bond motifs is 1. The Morgan fingerprint density at radius 1 is 1.44 bits per heavy atom. The Morgan fingerprint density at radius 3 is 3.11 bits per heavy atom. The van der Waals surface area contributed by atoms with Gasteiger partial charge in [-0.25, -0.2) is 4.98 Å². The average Bonchev–Trinajstić information content (AvgIpc) is 2.76. The largest absolute Gasteiger partial charge is 0.297 e. The van der Waals surface area contributed by atoms with Crippen LogP contribution >= 0.6 is 22.9 Å². The summed E-state index contributed by atoms with van der Waals surface area (Å²) in [6, 6.07) is 5.77. The molecule has 0 saturated carbocycles. The summed E-state index contributed by atoms with van der Waals surface area (Å²) in [5, 5.41) is 1.65. The third-order valence-electron chi connectivity index (χ3n) is 3.06. The van der Waals surface area contributed by atoms with E-state index in [2.05, 4.69) is 9.98 Å². The fraction of sp³-hybridized carbons (Fsp3) is 0.308. The summed E-state index contributed by atoms with van der Waals surface area (Å²) in [7, 11) is 0. The topological polar surface area (TPSA) is 42.3 Å². The summed E-state index contributed by atoms with van der Waals surface area (Å²) in [5.41, 5.74) is 0.844. The van der Waals surface area contributed by atoms with Crippen molar-refractivity contribution in [3.05, 3.63) is 28.2 Å². The molecule has 18 heavy (non-hydrogen) atoms. The van der Waals surface area contributed by atoms with Gasteiger partial charge in [0.2, 0.25) is 0 Å².